The summed E-state index contributed by atoms with van der Waals surface area (Å²) in [6, 6.07) is 1.59. The lowest BCUT2D eigenvalue weighted by atomic mass is 10.2. The van der Waals surface area contributed by atoms with Crippen LogP contribution in [-0.4, -0.2) is 27.4 Å². The predicted molar refractivity (Wildman–Crippen MR) is 56.7 cm³/mol. The number of carboxylic acid groups (broad SMARTS) is 1. The molecule has 0 atom stereocenters. The number of rotatable bonds is 5. The number of carboxylic acids is 1. The number of aromatic carboxylic acids is 1. The predicted octanol–water partition coefficient (Wildman–Crippen LogP) is 0.864. The summed E-state index contributed by atoms with van der Waals surface area (Å²) in [5.74, 6) is -0.405. The zero-order chi connectivity index (χ0) is 11.4. The van der Waals surface area contributed by atoms with Gasteiger partial charge >= 0.3 is 5.97 Å². The van der Waals surface area contributed by atoms with Crippen LogP contribution in [-0.2, 0) is 13.6 Å². The number of carbonyl (C=O) groups is 1. The molecule has 0 aliphatic carbocycles. The molecule has 0 bridgehead atoms. The second-order valence-electron chi connectivity index (χ2n) is 3.97. The third-order valence-corrected chi connectivity index (χ3v) is 2.05. The fourth-order valence-electron chi connectivity index (χ4n) is 1.26. The van der Waals surface area contributed by atoms with E-state index in [2.05, 4.69) is 24.3 Å². The van der Waals surface area contributed by atoms with Crippen LogP contribution in [0.4, 0.5) is 0 Å². The molecular weight excluding hydrogens is 194 g/mol. The summed E-state index contributed by atoms with van der Waals surface area (Å²) in [5.41, 5.74) is 0.979. The molecule has 0 aromatic carbocycles. The number of aryl methyl sites for hydroxylation is 1. The summed E-state index contributed by atoms with van der Waals surface area (Å²) in [4.78, 5) is 10.7. The van der Waals surface area contributed by atoms with E-state index in [0.717, 1.165) is 12.2 Å². The van der Waals surface area contributed by atoms with Crippen LogP contribution in [0.15, 0.2) is 6.07 Å². The quantitative estimate of drug-likeness (QED) is 0.758. The van der Waals surface area contributed by atoms with Gasteiger partial charge in [-0.3, -0.25) is 4.68 Å². The average molecular weight is 211 g/mol. The standard InChI is InChI=1S/C10H17N3O2/c1-7(2)5-11-6-8-4-9(10(14)15)12-13(8)3/h4,7,11H,5-6H2,1-3H3,(H,14,15). The Bertz CT molecular complexity index is 344. The Kier molecular flexibility index (Phi) is 3.85. The molecule has 0 unspecified atom stereocenters. The summed E-state index contributed by atoms with van der Waals surface area (Å²) in [6.07, 6.45) is 0. The van der Waals surface area contributed by atoms with Crippen LogP contribution in [0, 0.1) is 5.92 Å². The number of hydrogen-bond acceptors (Lipinski definition) is 3. The van der Waals surface area contributed by atoms with Crippen molar-refractivity contribution in [1.29, 1.82) is 0 Å². The van der Waals surface area contributed by atoms with Gasteiger partial charge in [-0.1, -0.05) is 13.8 Å². The fourth-order valence-corrected chi connectivity index (χ4v) is 1.26. The lowest BCUT2D eigenvalue weighted by Crippen LogP contribution is -2.20. The summed E-state index contributed by atoms with van der Waals surface area (Å²) in [7, 11) is 1.75. The molecule has 1 aromatic heterocycles. The molecule has 0 amide bonds. The minimum absolute atomic E-state index is 0.0962. The van der Waals surface area contributed by atoms with Crippen LogP contribution >= 0.6 is 0 Å². The van der Waals surface area contributed by atoms with Gasteiger partial charge in [0.1, 0.15) is 0 Å². The minimum atomic E-state index is -0.985. The van der Waals surface area contributed by atoms with Crippen molar-refractivity contribution in [3.05, 3.63) is 17.5 Å². The van der Waals surface area contributed by atoms with Crippen molar-refractivity contribution in [3.8, 4) is 0 Å². The van der Waals surface area contributed by atoms with Crippen molar-refractivity contribution in [1.82, 2.24) is 15.1 Å². The van der Waals surface area contributed by atoms with Crippen LogP contribution in [0.2, 0.25) is 0 Å². The molecule has 84 valence electrons. The van der Waals surface area contributed by atoms with Gasteiger partial charge in [0.25, 0.3) is 0 Å². The molecule has 1 heterocycles. The van der Waals surface area contributed by atoms with Crippen LogP contribution in [0.3, 0.4) is 0 Å². The molecule has 0 aliphatic heterocycles. The Morgan fingerprint density at radius 1 is 1.67 bits per heavy atom. The zero-order valence-electron chi connectivity index (χ0n) is 9.32. The van der Waals surface area contributed by atoms with E-state index in [1.165, 1.54) is 0 Å². The molecule has 1 rings (SSSR count). The van der Waals surface area contributed by atoms with Gasteiger partial charge in [0.05, 0.1) is 5.69 Å². The van der Waals surface area contributed by atoms with Crippen LogP contribution < -0.4 is 5.32 Å². The maximum absolute atomic E-state index is 10.7. The molecular formula is C10H17N3O2. The molecule has 2 N–H and O–H groups in total. The van der Waals surface area contributed by atoms with E-state index in [1.54, 1.807) is 17.8 Å². The Balaban J connectivity index is 2.57. The highest BCUT2D eigenvalue weighted by atomic mass is 16.4. The van der Waals surface area contributed by atoms with Crippen LogP contribution in [0.25, 0.3) is 0 Å². The van der Waals surface area contributed by atoms with E-state index < -0.39 is 5.97 Å². The highest BCUT2D eigenvalue weighted by molar-refractivity contribution is 5.85. The largest absolute Gasteiger partial charge is 0.476 e. The summed E-state index contributed by atoms with van der Waals surface area (Å²) in [6.45, 7) is 5.81. The average Bonchev–Trinajstić information content (AvgIpc) is 2.47. The number of hydrogen-bond donors (Lipinski definition) is 2. The Hall–Kier alpha value is -1.36. The van der Waals surface area contributed by atoms with E-state index in [4.69, 9.17) is 5.11 Å². The van der Waals surface area contributed by atoms with Crippen molar-refractivity contribution >= 4 is 5.97 Å². The van der Waals surface area contributed by atoms with Gasteiger partial charge in [-0.15, -0.1) is 0 Å². The van der Waals surface area contributed by atoms with Gasteiger partial charge in [-0.2, -0.15) is 5.10 Å². The molecule has 0 saturated carbocycles. The van der Waals surface area contributed by atoms with Crippen molar-refractivity contribution in [2.45, 2.75) is 20.4 Å². The van der Waals surface area contributed by atoms with Gasteiger partial charge in [0.2, 0.25) is 0 Å². The number of aromatic nitrogens is 2. The van der Waals surface area contributed by atoms with Gasteiger partial charge in [-0.25, -0.2) is 4.79 Å². The van der Waals surface area contributed by atoms with Crippen LogP contribution in [0.1, 0.15) is 30.0 Å². The Morgan fingerprint density at radius 3 is 2.80 bits per heavy atom. The topological polar surface area (TPSA) is 67.2 Å². The second kappa shape index (κ2) is 4.93. The van der Waals surface area contributed by atoms with Crippen molar-refractivity contribution in [3.63, 3.8) is 0 Å². The monoisotopic (exact) mass is 211 g/mol. The molecule has 0 aliphatic rings. The first kappa shape index (κ1) is 11.7. The summed E-state index contributed by atoms with van der Waals surface area (Å²) < 4.78 is 1.59. The molecule has 0 saturated heterocycles. The molecule has 5 heteroatoms. The van der Waals surface area contributed by atoms with E-state index in [9.17, 15) is 4.79 Å². The van der Waals surface area contributed by atoms with Gasteiger partial charge < -0.3 is 10.4 Å². The molecule has 1 aromatic rings. The zero-order valence-corrected chi connectivity index (χ0v) is 9.32. The third-order valence-electron chi connectivity index (χ3n) is 2.05. The van der Waals surface area contributed by atoms with E-state index in [1.807, 2.05) is 0 Å². The summed E-state index contributed by atoms with van der Waals surface area (Å²) >= 11 is 0. The molecule has 0 spiro atoms. The van der Waals surface area contributed by atoms with E-state index in [-0.39, 0.29) is 5.69 Å². The minimum Gasteiger partial charge on any atom is -0.476 e. The van der Waals surface area contributed by atoms with Crippen LogP contribution in [0.5, 0.6) is 0 Å². The molecule has 0 radical (unpaired) electrons. The Morgan fingerprint density at radius 2 is 2.33 bits per heavy atom. The highest BCUT2D eigenvalue weighted by Crippen LogP contribution is 2.03. The first-order valence-electron chi connectivity index (χ1n) is 4.97. The van der Waals surface area contributed by atoms with E-state index in [0.29, 0.717) is 12.5 Å². The van der Waals surface area contributed by atoms with Crippen molar-refractivity contribution in [2.24, 2.45) is 13.0 Å². The smallest absolute Gasteiger partial charge is 0.356 e. The normalized spacial score (nSPS) is 10.9. The lowest BCUT2D eigenvalue weighted by molar-refractivity contribution is 0.0689. The maximum atomic E-state index is 10.7. The molecule has 15 heavy (non-hydrogen) atoms. The maximum Gasteiger partial charge on any atom is 0.356 e. The number of nitrogens with zero attached hydrogens (tertiary/aromatic N) is 2. The van der Waals surface area contributed by atoms with E-state index >= 15 is 0 Å². The molecule has 0 fully saturated rings. The van der Waals surface area contributed by atoms with Gasteiger partial charge in [0, 0.05) is 13.6 Å². The van der Waals surface area contributed by atoms with Gasteiger partial charge in [0.15, 0.2) is 5.69 Å². The first-order chi connectivity index (χ1) is 7.00. The lowest BCUT2D eigenvalue weighted by Gasteiger charge is -2.06. The van der Waals surface area contributed by atoms with Crippen molar-refractivity contribution < 1.29 is 9.90 Å². The summed E-state index contributed by atoms with van der Waals surface area (Å²) in [5, 5.41) is 15.9. The SMILES string of the molecule is CC(C)CNCc1cc(C(=O)O)nn1C. The molecule has 5 nitrogen and oxygen atoms in total. The number of nitrogens with one attached hydrogen (secondary N) is 1. The van der Waals surface area contributed by atoms with Crippen molar-refractivity contribution in [2.75, 3.05) is 6.54 Å². The first-order valence-corrected chi connectivity index (χ1v) is 4.97. The second-order valence-corrected chi connectivity index (χ2v) is 3.97. The highest BCUT2D eigenvalue weighted by Gasteiger charge is 2.10. The Labute approximate surface area is 89.1 Å². The van der Waals surface area contributed by atoms with Gasteiger partial charge in [-0.05, 0) is 18.5 Å². The fraction of sp³-hybridized carbons (Fsp3) is 0.600. The third kappa shape index (κ3) is 3.36.